The van der Waals surface area contributed by atoms with Gasteiger partial charge in [-0.15, -0.1) is 11.3 Å². The number of aryl methyl sites for hydroxylation is 1. The van der Waals surface area contributed by atoms with E-state index < -0.39 is 0 Å². The van der Waals surface area contributed by atoms with Crippen LogP contribution >= 0.6 is 11.3 Å². The molecule has 1 aromatic carbocycles. The van der Waals surface area contributed by atoms with E-state index in [0.29, 0.717) is 5.56 Å². The summed E-state index contributed by atoms with van der Waals surface area (Å²) in [5, 5.41) is 0. The minimum absolute atomic E-state index is 0.194. The highest BCUT2D eigenvalue weighted by Crippen LogP contribution is 2.35. The second kappa shape index (κ2) is 5.03. The monoisotopic (exact) mass is 309 g/mol. The molecule has 3 aromatic heterocycles. The SMILES string of the molecule is Cc1cc(-c2ncsc2-c2ccc3nccn3c2)ccc1F. The molecule has 3 heterocycles. The maximum atomic E-state index is 13.5. The highest BCUT2D eigenvalue weighted by atomic mass is 32.1. The first-order valence-electron chi connectivity index (χ1n) is 6.85. The van der Waals surface area contributed by atoms with E-state index in [4.69, 9.17) is 0 Å². The van der Waals surface area contributed by atoms with E-state index in [2.05, 4.69) is 9.97 Å². The Morgan fingerprint density at radius 3 is 2.82 bits per heavy atom. The first-order valence-corrected chi connectivity index (χ1v) is 7.73. The van der Waals surface area contributed by atoms with Crippen LogP contribution in [-0.4, -0.2) is 14.4 Å². The normalized spacial score (nSPS) is 11.2. The van der Waals surface area contributed by atoms with Gasteiger partial charge in [0.2, 0.25) is 0 Å². The number of pyridine rings is 1. The number of rotatable bonds is 2. The zero-order valence-electron chi connectivity index (χ0n) is 11.8. The molecule has 0 spiro atoms. The third kappa shape index (κ3) is 2.10. The number of aromatic nitrogens is 3. The average molecular weight is 309 g/mol. The van der Waals surface area contributed by atoms with Gasteiger partial charge in [0.25, 0.3) is 0 Å². The summed E-state index contributed by atoms with van der Waals surface area (Å²) in [5.41, 5.74) is 6.24. The van der Waals surface area contributed by atoms with Crippen LogP contribution in [0.3, 0.4) is 0 Å². The molecule has 0 radical (unpaired) electrons. The van der Waals surface area contributed by atoms with Gasteiger partial charge in [-0.05, 0) is 42.8 Å². The number of hydrogen-bond donors (Lipinski definition) is 0. The van der Waals surface area contributed by atoms with E-state index in [-0.39, 0.29) is 5.82 Å². The zero-order chi connectivity index (χ0) is 15.1. The van der Waals surface area contributed by atoms with Crippen molar-refractivity contribution in [1.82, 2.24) is 14.4 Å². The van der Waals surface area contributed by atoms with Gasteiger partial charge in [0.15, 0.2) is 0 Å². The summed E-state index contributed by atoms with van der Waals surface area (Å²) in [5.74, 6) is -0.194. The Kier molecular flexibility index (Phi) is 3.01. The fourth-order valence-corrected chi connectivity index (χ4v) is 3.31. The summed E-state index contributed by atoms with van der Waals surface area (Å²) in [4.78, 5) is 9.80. The van der Waals surface area contributed by atoms with E-state index >= 15 is 0 Å². The summed E-state index contributed by atoms with van der Waals surface area (Å²) in [7, 11) is 0. The first-order chi connectivity index (χ1) is 10.7. The molecule has 22 heavy (non-hydrogen) atoms. The zero-order valence-corrected chi connectivity index (χ0v) is 12.6. The Morgan fingerprint density at radius 2 is 1.95 bits per heavy atom. The predicted molar refractivity (Wildman–Crippen MR) is 86.4 cm³/mol. The standard InChI is InChI=1S/C17H12FN3S/c1-11-8-12(2-4-14(11)18)16-17(22-10-20-16)13-3-5-15-19-6-7-21(15)9-13/h2-10H,1H3. The summed E-state index contributed by atoms with van der Waals surface area (Å²) < 4.78 is 15.5. The molecule has 3 nitrogen and oxygen atoms in total. The molecule has 0 N–H and O–H groups in total. The lowest BCUT2D eigenvalue weighted by molar-refractivity contribution is 0.619. The molecule has 108 valence electrons. The molecule has 0 fully saturated rings. The second-order valence-electron chi connectivity index (χ2n) is 5.10. The van der Waals surface area contributed by atoms with Crippen molar-refractivity contribution >= 4 is 17.0 Å². The second-order valence-corrected chi connectivity index (χ2v) is 5.96. The Labute approximate surface area is 130 Å². The average Bonchev–Trinajstić information content (AvgIpc) is 3.17. The van der Waals surface area contributed by atoms with E-state index in [9.17, 15) is 4.39 Å². The number of imidazole rings is 1. The Hall–Kier alpha value is -2.53. The Balaban J connectivity index is 1.86. The van der Waals surface area contributed by atoms with Gasteiger partial charge in [-0.1, -0.05) is 0 Å². The lowest BCUT2D eigenvalue weighted by atomic mass is 10.1. The third-order valence-corrected chi connectivity index (χ3v) is 4.53. The maximum Gasteiger partial charge on any atom is 0.136 e. The van der Waals surface area contributed by atoms with Crippen LogP contribution < -0.4 is 0 Å². The predicted octanol–water partition coefficient (Wildman–Crippen LogP) is 4.57. The lowest BCUT2D eigenvalue weighted by Crippen LogP contribution is -1.88. The van der Waals surface area contributed by atoms with E-state index in [1.165, 1.54) is 6.07 Å². The maximum absolute atomic E-state index is 13.5. The van der Waals surface area contributed by atoms with Crippen LogP contribution in [0.4, 0.5) is 4.39 Å². The van der Waals surface area contributed by atoms with Crippen LogP contribution in [0.25, 0.3) is 27.3 Å². The highest BCUT2D eigenvalue weighted by Gasteiger charge is 2.12. The highest BCUT2D eigenvalue weighted by molar-refractivity contribution is 7.13. The molecule has 0 bridgehead atoms. The molecule has 0 atom stereocenters. The van der Waals surface area contributed by atoms with Gasteiger partial charge in [0, 0.05) is 29.7 Å². The van der Waals surface area contributed by atoms with Crippen LogP contribution in [0.5, 0.6) is 0 Å². The van der Waals surface area contributed by atoms with Crippen molar-refractivity contribution < 1.29 is 4.39 Å². The quantitative estimate of drug-likeness (QED) is 0.543. The van der Waals surface area contributed by atoms with Crippen LogP contribution in [0.15, 0.2) is 54.4 Å². The summed E-state index contributed by atoms with van der Waals surface area (Å²) in [6.45, 7) is 1.77. The van der Waals surface area contributed by atoms with E-state index in [1.54, 1.807) is 30.5 Å². The number of fused-ring (bicyclic) bond motifs is 1. The summed E-state index contributed by atoms with van der Waals surface area (Å²) in [6, 6.07) is 9.12. The molecule has 0 saturated heterocycles. The molecule has 0 aliphatic rings. The molecule has 0 saturated carbocycles. The van der Waals surface area contributed by atoms with Crippen molar-refractivity contribution in [3.05, 3.63) is 65.8 Å². The summed E-state index contributed by atoms with van der Waals surface area (Å²) >= 11 is 1.58. The van der Waals surface area contributed by atoms with Crippen molar-refractivity contribution in [2.75, 3.05) is 0 Å². The minimum atomic E-state index is -0.194. The minimum Gasteiger partial charge on any atom is -0.306 e. The van der Waals surface area contributed by atoms with Gasteiger partial charge in [0.05, 0.1) is 16.1 Å². The van der Waals surface area contributed by atoms with E-state index in [0.717, 1.165) is 27.3 Å². The molecule has 0 amide bonds. The van der Waals surface area contributed by atoms with Crippen LogP contribution in [0.2, 0.25) is 0 Å². The molecule has 0 aliphatic carbocycles. The fraction of sp³-hybridized carbons (Fsp3) is 0.0588. The lowest BCUT2D eigenvalue weighted by Gasteiger charge is -2.05. The van der Waals surface area contributed by atoms with Crippen LogP contribution in [0.1, 0.15) is 5.56 Å². The molecule has 0 unspecified atom stereocenters. The van der Waals surface area contributed by atoms with Gasteiger partial charge in [-0.3, -0.25) is 0 Å². The largest absolute Gasteiger partial charge is 0.306 e. The van der Waals surface area contributed by atoms with Crippen LogP contribution in [0, 0.1) is 12.7 Å². The van der Waals surface area contributed by atoms with Crippen LogP contribution in [-0.2, 0) is 0 Å². The third-order valence-electron chi connectivity index (χ3n) is 3.65. The van der Waals surface area contributed by atoms with Crippen molar-refractivity contribution in [2.45, 2.75) is 6.92 Å². The van der Waals surface area contributed by atoms with Crippen molar-refractivity contribution in [1.29, 1.82) is 0 Å². The van der Waals surface area contributed by atoms with Gasteiger partial charge >= 0.3 is 0 Å². The van der Waals surface area contributed by atoms with E-state index in [1.807, 2.05) is 40.5 Å². The number of benzene rings is 1. The number of thiazole rings is 1. The fourth-order valence-electron chi connectivity index (χ4n) is 2.50. The van der Waals surface area contributed by atoms with Gasteiger partial charge in [-0.25, -0.2) is 14.4 Å². The summed E-state index contributed by atoms with van der Waals surface area (Å²) in [6.07, 6.45) is 5.73. The molecule has 4 aromatic rings. The van der Waals surface area contributed by atoms with Gasteiger partial charge in [0.1, 0.15) is 11.5 Å². The number of nitrogens with zero attached hydrogens (tertiary/aromatic N) is 3. The van der Waals surface area contributed by atoms with Gasteiger partial charge < -0.3 is 4.40 Å². The Morgan fingerprint density at radius 1 is 1.09 bits per heavy atom. The number of hydrogen-bond acceptors (Lipinski definition) is 3. The molecule has 4 rings (SSSR count). The van der Waals surface area contributed by atoms with Crippen molar-refractivity contribution in [3.8, 4) is 21.7 Å². The van der Waals surface area contributed by atoms with Crippen molar-refractivity contribution in [2.24, 2.45) is 0 Å². The smallest absolute Gasteiger partial charge is 0.136 e. The Bertz CT molecular complexity index is 971. The molecular weight excluding hydrogens is 297 g/mol. The molecule has 5 heteroatoms. The topological polar surface area (TPSA) is 30.2 Å². The molecular formula is C17H12FN3S. The van der Waals surface area contributed by atoms with Gasteiger partial charge in [-0.2, -0.15) is 0 Å². The number of halogens is 1. The molecule has 0 aliphatic heterocycles. The first kappa shape index (κ1) is 13.2. The van der Waals surface area contributed by atoms with Crippen molar-refractivity contribution in [3.63, 3.8) is 0 Å².